The number of ether oxygens (including phenoxy) is 4. The van der Waals surface area contributed by atoms with E-state index in [0.717, 1.165) is 6.92 Å². The molecule has 2 saturated heterocycles. The van der Waals surface area contributed by atoms with E-state index in [1.165, 1.54) is 0 Å². The van der Waals surface area contributed by atoms with Crippen LogP contribution in [-0.2, 0) is 23.5 Å². The molecule has 0 aromatic carbocycles. The van der Waals surface area contributed by atoms with Gasteiger partial charge in [0, 0.05) is 0 Å². The van der Waals surface area contributed by atoms with Crippen LogP contribution < -0.4 is 68.9 Å². The molecule has 0 aromatic heterocycles. The molecule has 184 valence electrons. The average molecular weight is 524 g/mol. The fourth-order valence-electron chi connectivity index (χ4n) is 3.21. The molecule has 0 radical (unpaired) electrons. The molecule has 18 heteroatoms. The van der Waals surface area contributed by atoms with Gasteiger partial charge < -0.3 is 74.2 Å². The van der Waals surface area contributed by atoms with Gasteiger partial charge in [0.2, 0.25) is 5.79 Å². The number of hydrogen-bond donors (Lipinski definition) is 8. The van der Waals surface area contributed by atoms with Crippen LogP contribution in [-0.4, -0.2) is 127 Å². The van der Waals surface area contributed by atoms with E-state index in [1.54, 1.807) is 0 Å². The quantitative estimate of drug-likeness (QED) is 0.103. The fourth-order valence-corrected chi connectivity index (χ4v) is 3.81. The van der Waals surface area contributed by atoms with Crippen molar-refractivity contribution in [2.45, 2.75) is 73.7 Å². The molecule has 0 bridgehead atoms. The van der Waals surface area contributed by atoms with E-state index in [4.69, 9.17) is 18.9 Å². The van der Waals surface area contributed by atoms with E-state index in [-0.39, 0.29) is 59.1 Å². The van der Waals surface area contributed by atoms with E-state index in [1.807, 2.05) is 0 Å². The Morgan fingerprint density at radius 2 is 1.58 bits per heavy atom. The molecule has 33 heavy (non-hydrogen) atoms. The minimum Gasteiger partial charge on any atom is -0.809 e. The molecule has 15 nitrogen and oxygen atoms in total. The van der Waals surface area contributed by atoms with Crippen LogP contribution in [0, 0.1) is 0 Å². The predicted octanol–water partition coefficient (Wildman–Crippen LogP) is -12.7. The van der Waals surface area contributed by atoms with Crippen LogP contribution in [0.1, 0.15) is 6.92 Å². The molecule has 0 unspecified atom stereocenters. The number of hydrogen-bond acceptors (Lipinski definition) is 15. The van der Waals surface area contributed by atoms with Crippen molar-refractivity contribution in [1.82, 2.24) is 0 Å². The van der Waals surface area contributed by atoms with E-state index in [2.05, 4.69) is 0 Å². The summed E-state index contributed by atoms with van der Waals surface area (Å²) in [5.41, 5.74) is 0. The maximum Gasteiger partial charge on any atom is 1.00 e. The van der Waals surface area contributed by atoms with Crippen molar-refractivity contribution in [3.05, 3.63) is 0 Å². The summed E-state index contributed by atoms with van der Waals surface area (Å²) in [6.45, 7) is -1.47. The zero-order valence-corrected chi connectivity index (χ0v) is 23.2. The van der Waals surface area contributed by atoms with Crippen molar-refractivity contribution in [2.75, 3.05) is 19.8 Å². The summed E-state index contributed by atoms with van der Waals surface area (Å²) in [6, 6.07) is 0. The van der Waals surface area contributed by atoms with Crippen LogP contribution in [0.3, 0.4) is 0 Å². The van der Waals surface area contributed by atoms with Crippen molar-refractivity contribution < 1.29 is 133 Å². The SMILES string of the molecule is C[C@@H](OC[C@H]1O[C@@](CO)(O[C@H]2O[C@H](CO)[C@@H](O)[C@H](O)[C@H]2O)[C@@H](O)[C@@H]1O)[C@H](O)P(=O)([O-])[O-].[Na+].[Na+]. The van der Waals surface area contributed by atoms with Gasteiger partial charge >= 0.3 is 59.1 Å². The van der Waals surface area contributed by atoms with Crippen molar-refractivity contribution in [2.24, 2.45) is 0 Å². The molecule has 2 rings (SSSR count). The number of rotatable bonds is 9. The Bertz CT molecular complexity index is 640. The monoisotopic (exact) mass is 524 g/mol. The van der Waals surface area contributed by atoms with E-state index >= 15 is 0 Å². The van der Waals surface area contributed by atoms with Crippen LogP contribution >= 0.6 is 7.60 Å². The second-order valence-corrected chi connectivity index (χ2v) is 8.98. The molecule has 11 atom stereocenters. The average Bonchev–Trinajstić information content (AvgIpc) is 2.96. The summed E-state index contributed by atoms with van der Waals surface area (Å²) in [4.78, 5) is 21.7. The second kappa shape index (κ2) is 14.0. The molecule has 0 amide bonds. The topological polar surface area (TPSA) is 262 Å². The first-order valence-corrected chi connectivity index (χ1v) is 10.8. The first-order chi connectivity index (χ1) is 14.3. The molecule has 8 N–H and O–H groups in total. The summed E-state index contributed by atoms with van der Waals surface area (Å²) in [5.74, 6) is -4.81. The Hall–Kier alpha value is 1.67. The minimum absolute atomic E-state index is 0. The van der Waals surface area contributed by atoms with Crippen LogP contribution in [0.15, 0.2) is 0 Å². The van der Waals surface area contributed by atoms with Crippen LogP contribution in [0.5, 0.6) is 0 Å². The van der Waals surface area contributed by atoms with Gasteiger partial charge in [0.05, 0.1) is 19.3 Å². The maximum atomic E-state index is 10.9. The Morgan fingerprint density at radius 3 is 2.06 bits per heavy atom. The van der Waals surface area contributed by atoms with E-state index in [9.17, 15) is 55.2 Å². The molecular formula is C15H27Na2O15P. The molecule has 0 aromatic rings. The Morgan fingerprint density at radius 1 is 1.00 bits per heavy atom. The van der Waals surface area contributed by atoms with E-state index in [0.29, 0.717) is 0 Å². The normalized spacial score (nSPS) is 41.1. The summed E-state index contributed by atoms with van der Waals surface area (Å²) in [6.07, 6.45) is -15.3. The first kappa shape index (κ1) is 34.7. The summed E-state index contributed by atoms with van der Waals surface area (Å²) < 4.78 is 31.6. The van der Waals surface area contributed by atoms with Crippen molar-refractivity contribution in [3.63, 3.8) is 0 Å². The van der Waals surface area contributed by atoms with Gasteiger partial charge in [0.1, 0.15) is 55.2 Å². The fraction of sp³-hybridized carbons (Fsp3) is 1.00. The third kappa shape index (κ3) is 7.83. The summed E-state index contributed by atoms with van der Waals surface area (Å²) in [7, 11) is -5.38. The zero-order chi connectivity index (χ0) is 23.7. The molecule has 2 heterocycles. The largest absolute Gasteiger partial charge is 1.00 e. The van der Waals surface area contributed by atoms with Gasteiger partial charge in [0.15, 0.2) is 6.29 Å². The molecular weight excluding hydrogens is 497 g/mol. The molecule has 0 saturated carbocycles. The first-order valence-electron chi connectivity index (χ1n) is 9.23. The van der Waals surface area contributed by atoms with Gasteiger partial charge in [-0.05, 0) is 14.5 Å². The van der Waals surface area contributed by atoms with Gasteiger partial charge in [-0.3, -0.25) is 0 Å². The molecule has 2 aliphatic rings. The molecule has 2 aliphatic heterocycles. The van der Waals surface area contributed by atoms with Gasteiger partial charge in [-0.25, -0.2) is 0 Å². The number of aliphatic hydroxyl groups is 8. The third-order valence-electron chi connectivity index (χ3n) is 5.16. The number of aliphatic hydroxyl groups excluding tert-OH is 8. The van der Waals surface area contributed by atoms with Crippen molar-refractivity contribution >= 4 is 7.60 Å². The van der Waals surface area contributed by atoms with Gasteiger partial charge in [0.25, 0.3) is 0 Å². The molecule has 0 spiro atoms. The maximum absolute atomic E-state index is 10.9. The van der Waals surface area contributed by atoms with Gasteiger partial charge in [-0.2, -0.15) is 0 Å². The van der Waals surface area contributed by atoms with E-state index < -0.39 is 94.2 Å². The Labute approximate surface area is 233 Å². The second-order valence-electron chi connectivity index (χ2n) is 7.37. The zero-order valence-electron chi connectivity index (χ0n) is 18.3. The Balaban J connectivity index is 0.00000512. The molecule has 0 aliphatic carbocycles. The summed E-state index contributed by atoms with van der Waals surface area (Å²) >= 11 is 0. The predicted molar refractivity (Wildman–Crippen MR) is 90.6 cm³/mol. The third-order valence-corrected chi connectivity index (χ3v) is 6.23. The Kier molecular flexibility index (Phi) is 14.7. The van der Waals surface area contributed by atoms with Crippen LogP contribution in [0.25, 0.3) is 0 Å². The smallest absolute Gasteiger partial charge is 0.809 e. The minimum atomic E-state index is -5.38. The van der Waals surface area contributed by atoms with Gasteiger partial charge in [-0.1, -0.05) is 0 Å². The van der Waals surface area contributed by atoms with Crippen LogP contribution in [0.2, 0.25) is 0 Å². The van der Waals surface area contributed by atoms with Gasteiger partial charge in [-0.15, -0.1) is 0 Å². The van der Waals surface area contributed by atoms with Crippen molar-refractivity contribution in [3.8, 4) is 0 Å². The summed E-state index contributed by atoms with van der Waals surface area (Å²) in [5, 5.41) is 78.6. The van der Waals surface area contributed by atoms with Crippen LogP contribution in [0.4, 0.5) is 0 Å². The van der Waals surface area contributed by atoms with Crippen molar-refractivity contribution in [1.29, 1.82) is 0 Å². The standard InChI is InChI=1S/C15H29O15P.2Na/c1-5(13(23)31(24,25)26)27-3-7-9(19)12(22)15(4-17,29-7)30-14-11(21)10(20)8(18)6(2-16)28-14;;/h5-14,16-23H,2-4H2,1H3,(H2,24,25,26);;/q;2*+1/p-2/t5-,6-,7-,8-,9-,10+,11-,12+,13-,14-,15+;;/m1../s1. The molecule has 2 fully saturated rings.